The Morgan fingerprint density at radius 1 is 1.15 bits per heavy atom. The van der Waals surface area contributed by atoms with Gasteiger partial charge in [-0.3, -0.25) is 0 Å². The fourth-order valence-electron chi connectivity index (χ4n) is 3.49. The van der Waals surface area contributed by atoms with Gasteiger partial charge in [0.15, 0.2) is 0 Å². The number of nitrogens with zero attached hydrogens (tertiary/aromatic N) is 2. The van der Waals surface area contributed by atoms with Crippen molar-refractivity contribution in [2.75, 3.05) is 12.4 Å². The standard InChI is InChI=1S/C21H23N3O2/c1-13(2)25-19-11-10-15(12-18(19)22-3)21-23-20(24-26-21)17-9-5-7-14-6-4-8-16(14)17/h5,7,9-13,22H,4,6,8H2,1-3H3. The molecule has 0 atom stereocenters. The molecule has 0 amide bonds. The summed E-state index contributed by atoms with van der Waals surface area (Å²) >= 11 is 0. The van der Waals surface area contributed by atoms with E-state index >= 15 is 0 Å². The third-order valence-corrected chi connectivity index (χ3v) is 4.67. The van der Waals surface area contributed by atoms with Crippen LogP contribution in [-0.4, -0.2) is 23.3 Å². The van der Waals surface area contributed by atoms with E-state index < -0.39 is 0 Å². The number of fused-ring (bicyclic) bond motifs is 1. The van der Waals surface area contributed by atoms with Gasteiger partial charge >= 0.3 is 0 Å². The Morgan fingerprint density at radius 2 is 2.04 bits per heavy atom. The van der Waals surface area contributed by atoms with Crippen molar-refractivity contribution in [3.63, 3.8) is 0 Å². The van der Waals surface area contributed by atoms with Crippen molar-refractivity contribution in [3.8, 4) is 28.6 Å². The molecule has 26 heavy (non-hydrogen) atoms. The molecule has 1 aromatic heterocycles. The molecule has 0 unspecified atom stereocenters. The van der Waals surface area contributed by atoms with Crippen LogP contribution >= 0.6 is 0 Å². The van der Waals surface area contributed by atoms with Gasteiger partial charge in [0.25, 0.3) is 5.89 Å². The molecular weight excluding hydrogens is 326 g/mol. The molecule has 4 rings (SSSR count). The number of benzene rings is 2. The first-order valence-corrected chi connectivity index (χ1v) is 9.09. The number of nitrogens with one attached hydrogen (secondary N) is 1. The summed E-state index contributed by atoms with van der Waals surface area (Å²) in [6.07, 6.45) is 3.53. The van der Waals surface area contributed by atoms with Crippen LogP contribution in [0.4, 0.5) is 5.69 Å². The highest BCUT2D eigenvalue weighted by Gasteiger charge is 2.19. The molecule has 5 nitrogen and oxygen atoms in total. The van der Waals surface area contributed by atoms with Crippen LogP contribution in [0.2, 0.25) is 0 Å². The van der Waals surface area contributed by atoms with Gasteiger partial charge in [0.2, 0.25) is 5.82 Å². The first kappa shape index (κ1) is 16.6. The third-order valence-electron chi connectivity index (χ3n) is 4.67. The highest BCUT2D eigenvalue weighted by molar-refractivity contribution is 5.69. The largest absolute Gasteiger partial charge is 0.489 e. The van der Waals surface area contributed by atoms with E-state index in [4.69, 9.17) is 9.26 Å². The summed E-state index contributed by atoms with van der Waals surface area (Å²) in [7, 11) is 1.87. The average Bonchev–Trinajstić information content (AvgIpc) is 3.30. The van der Waals surface area contributed by atoms with Gasteiger partial charge in [-0.05, 0) is 62.4 Å². The zero-order chi connectivity index (χ0) is 18.1. The van der Waals surface area contributed by atoms with Crippen LogP contribution < -0.4 is 10.1 Å². The molecule has 0 saturated carbocycles. The molecule has 3 aromatic rings. The Kier molecular flexibility index (Phi) is 4.37. The third kappa shape index (κ3) is 3.05. The van der Waals surface area contributed by atoms with Gasteiger partial charge in [-0.1, -0.05) is 23.4 Å². The molecule has 0 bridgehead atoms. The van der Waals surface area contributed by atoms with Gasteiger partial charge in [0.1, 0.15) is 5.75 Å². The van der Waals surface area contributed by atoms with Crippen molar-refractivity contribution in [2.24, 2.45) is 0 Å². The second kappa shape index (κ2) is 6.83. The molecule has 1 aliphatic rings. The van der Waals surface area contributed by atoms with Crippen molar-refractivity contribution in [2.45, 2.75) is 39.2 Å². The van der Waals surface area contributed by atoms with Crippen LogP contribution in [-0.2, 0) is 12.8 Å². The van der Waals surface area contributed by atoms with E-state index in [0.29, 0.717) is 11.7 Å². The molecule has 0 aliphatic heterocycles. The van der Waals surface area contributed by atoms with Gasteiger partial charge in [-0.15, -0.1) is 0 Å². The normalized spacial score (nSPS) is 13.1. The summed E-state index contributed by atoms with van der Waals surface area (Å²) in [5.74, 6) is 1.99. The molecule has 134 valence electrons. The van der Waals surface area contributed by atoms with Crippen LogP contribution in [0, 0.1) is 0 Å². The van der Waals surface area contributed by atoms with E-state index in [1.165, 1.54) is 17.5 Å². The number of ether oxygens (including phenoxy) is 1. The maximum absolute atomic E-state index is 5.82. The van der Waals surface area contributed by atoms with Crippen LogP contribution in [0.3, 0.4) is 0 Å². The Labute approximate surface area is 153 Å². The van der Waals surface area contributed by atoms with E-state index in [1.54, 1.807) is 0 Å². The maximum Gasteiger partial charge on any atom is 0.258 e. The lowest BCUT2D eigenvalue weighted by molar-refractivity contribution is 0.243. The number of hydrogen-bond donors (Lipinski definition) is 1. The van der Waals surface area contributed by atoms with Gasteiger partial charge < -0.3 is 14.6 Å². The summed E-state index contributed by atoms with van der Waals surface area (Å²) in [5.41, 5.74) is 5.62. The molecular formula is C21H23N3O2. The molecule has 0 saturated heterocycles. The lowest BCUT2D eigenvalue weighted by Crippen LogP contribution is -2.07. The van der Waals surface area contributed by atoms with E-state index in [0.717, 1.165) is 35.4 Å². The van der Waals surface area contributed by atoms with E-state index in [1.807, 2.05) is 39.1 Å². The predicted octanol–water partition coefficient (Wildman–Crippen LogP) is 4.72. The van der Waals surface area contributed by atoms with Gasteiger partial charge in [-0.2, -0.15) is 4.98 Å². The lowest BCUT2D eigenvalue weighted by Gasteiger charge is -2.14. The fourth-order valence-corrected chi connectivity index (χ4v) is 3.49. The molecule has 5 heteroatoms. The number of aromatic nitrogens is 2. The predicted molar refractivity (Wildman–Crippen MR) is 103 cm³/mol. The molecule has 2 aromatic carbocycles. The second-order valence-corrected chi connectivity index (χ2v) is 6.85. The van der Waals surface area contributed by atoms with E-state index in [-0.39, 0.29) is 6.10 Å². The van der Waals surface area contributed by atoms with Gasteiger partial charge in [0, 0.05) is 18.2 Å². The molecule has 1 N–H and O–H groups in total. The zero-order valence-corrected chi connectivity index (χ0v) is 15.4. The number of rotatable bonds is 5. The fraction of sp³-hybridized carbons (Fsp3) is 0.333. The highest BCUT2D eigenvalue weighted by atomic mass is 16.5. The van der Waals surface area contributed by atoms with Crippen LogP contribution in [0.25, 0.3) is 22.8 Å². The smallest absolute Gasteiger partial charge is 0.258 e. The molecule has 0 spiro atoms. The Balaban J connectivity index is 1.68. The van der Waals surface area contributed by atoms with E-state index in [2.05, 4.69) is 33.7 Å². The maximum atomic E-state index is 5.82. The molecule has 0 radical (unpaired) electrons. The second-order valence-electron chi connectivity index (χ2n) is 6.85. The Morgan fingerprint density at radius 3 is 2.85 bits per heavy atom. The van der Waals surface area contributed by atoms with Crippen molar-refractivity contribution in [3.05, 3.63) is 47.5 Å². The monoisotopic (exact) mass is 349 g/mol. The Hall–Kier alpha value is -2.82. The number of anilines is 1. The van der Waals surface area contributed by atoms with Crippen LogP contribution in [0.15, 0.2) is 40.9 Å². The molecule has 1 aliphatic carbocycles. The first-order chi connectivity index (χ1) is 12.7. The van der Waals surface area contributed by atoms with Crippen LogP contribution in [0.1, 0.15) is 31.4 Å². The average molecular weight is 349 g/mol. The van der Waals surface area contributed by atoms with Gasteiger partial charge in [-0.25, -0.2) is 0 Å². The summed E-state index contributed by atoms with van der Waals surface area (Å²) < 4.78 is 11.4. The summed E-state index contributed by atoms with van der Waals surface area (Å²) in [6, 6.07) is 12.2. The van der Waals surface area contributed by atoms with Crippen molar-refractivity contribution in [1.82, 2.24) is 10.1 Å². The summed E-state index contributed by atoms with van der Waals surface area (Å²) in [4.78, 5) is 4.65. The summed E-state index contributed by atoms with van der Waals surface area (Å²) in [5, 5.41) is 7.40. The topological polar surface area (TPSA) is 60.2 Å². The van der Waals surface area contributed by atoms with Crippen LogP contribution in [0.5, 0.6) is 5.75 Å². The molecule has 0 fully saturated rings. The number of aryl methyl sites for hydroxylation is 1. The van der Waals surface area contributed by atoms with Gasteiger partial charge in [0.05, 0.1) is 11.8 Å². The SMILES string of the molecule is CNc1cc(-c2nc(-c3cccc4c3CCC4)no2)ccc1OC(C)C. The minimum Gasteiger partial charge on any atom is -0.489 e. The quantitative estimate of drug-likeness (QED) is 0.722. The Bertz CT molecular complexity index is 931. The zero-order valence-electron chi connectivity index (χ0n) is 15.4. The minimum absolute atomic E-state index is 0.114. The minimum atomic E-state index is 0.114. The number of hydrogen-bond acceptors (Lipinski definition) is 5. The highest BCUT2D eigenvalue weighted by Crippen LogP contribution is 2.34. The van der Waals surface area contributed by atoms with Crippen molar-refractivity contribution in [1.29, 1.82) is 0 Å². The lowest BCUT2D eigenvalue weighted by atomic mass is 10.0. The van der Waals surface area contributed by atoms with Crippen molar-refractivity contribution < 1.29 is 9.26 Å². The van der Waals surface area contributed by atoms with Crippen molar-refractivity contribution >= 4 is 5.69 Å². The molecule has 1 heterocycles. The van der Waals surface area contributed by atoms with E-state index in [9.17, 15) is 0 Å². The first-order valence-electron chi connectivity index (χ1n) is 9.09. The summed E-state index contributed by atoms with van der Waals surface area (Å²) in [6.45, 7) is 4.02.